The summed E-state index contributed by atoms with van der Waals surface area (Å²) in [7, 11) is -3.60. The molecule has 0 aliphatic heterocycles. The zero-order valence-corrected chi connectivity index (χ0v) is 13.4. The van der Waals surface area contributed by atoms with Crippen LogP contribution in [0.4, 0.5) is 5.69 Å². The van der Waals surface area contributed by atoms with Crippen LogP contribution < -0.4 is 4.31 Å². The lowest BCUT2D eigenvalue weighted by Crippen LogP contribution is -2.32. The number of anilines is 1. The van der Waals surface area contributed by atoms with Crippen LogP contribution in [-0.2, 0) is 10.0 Å². The third-order valence-corrected chi connectivity index (χ3v) is 5.46. The lowest BCUT2D eigenvalue weighted by atomic mass is 10.3. The molecule has 0 aliphatic carbocycles. The molecule has 0 amide bonds. The molecule has 0 radical (unpaired) electrons. The first-order valence-electron chi connectivity index (χ1n) is 7.07. The van der Waals surface area contributed by atoms with Gasteiger partial charge in [0, 0.05) is 6.54 Å². The van der Waals surface area contributed by atoms with E-state index in [-0.39, 0.29) is 4.90 Å². The van der Waals surface area contributed by atoms with Crippen LogP contribution in [0, 0.1) is 13.8 Å². The number of H-pyrrole nitrogens is 1. The third-order valence-electron chi connectivity index (χ3n) is 3.37. The van der Waals surface area contributed by atoms with E-state index in [9.17, 15) is 8.42 Å². The van der Waals surface area contributed by atoms with Crippen LogP contribution in [0.25, 0.3) is 0 Å². The minimum absolute atomic E-state index is 0.280. The van der Waals surface area contributed by atoms with Crippen molar-refractivity contribution in [3.8, 4) is 0 Å². The maximum absolute atomic E-state index is 13.0. The molecule has 6 heteroatoms. The molecule has 0 spiro atoms. The van der Waals surface area contributed by atoms with E-state index in [2.05, 4.69) is 10.2 Å². The fourth-order valence-electron chi connectivity index (χ4n) is 2.31. The largest absolute Gasteiger partial charge is 0.281 e. The van der Waals surface area contributed by atoms with Gasteiger partial charge in [-0.05, 0) is 32.4 Å². The Kier molecular flexibility index (Phi) is 4.67. The number of hydrogen-bond donors (Lipinski definition) is 1. The Morgan fingerprint density at radius 3 is 2.38 bits per heavy atom. The topological polar surface area (TPSA) is 66.1 Å². The Bertz CT molecular complexity index is 673. The second-order valence-corrected chi connectivity index (χ2v) is 6.83. The maximum Gasteiger partial charge on any atom is 0.267 e. The van der Waals surface area contributed by atoms with Crippen LogP contribution >= 0.6 is 0 Å². The monoisotopic (exact) mass is 307 g/mol. The molecule has 0 atom stereocenters. The first-order chi connectivity index (χ1) is 9.98. The van der Waals surface area contributed by atoms with E-state index >= 15 is 0 Å². The predicted molar refractivity (Wildman–Crippen MR) is 83.9 cm³/mol. The SMILES string of the molecule is CCCCN(c1ccccc1)S(=O)(=O)c1c(C)n[nH]c1C. The molecular formula is C15H21N3O2S. The fraction of sp³-hybridized carbons (Fsp3) is 0.400. The van der Waals surface area contributed by atoms with Crippen molar-refractivity contribution < 1.29 is 8.42 Å². The molecule has 0 fully saturated rings. The molecule has 1 N–H and O–H groups in total. The molecule has 21 heavy (non-hydrogen) atoms. The van der Waals surface area contributed by atoms with E-state index in [1.54, 1.807) is 13.8 Å². The second-order valence-electron chi connectivity index (χ2n) is 5.03. The van der Waals surface area contributed by atoms with Crippen molar-refractivity contribution in [3.05, 3.63) is 41.7 Å². The molecule has 1 heterocycles. The number of aromatic nitrogens is 2. The van der Waals surface area contributed by atoms with Gasteiger partial charge in [-0.1, -0.05) is 31.5 Å². The molecule has 1 aromatic carbocycles. The number of nitrogens with zero attached hydrogens (tertiary/aromatic N) is 2. The van der Waals surface area contributed by atoms with Gasteiger partial charge < -0.3 is 0 Å². The highest BCUT2D eigenvalue weighted by Crippen LogP contribution is 2.27. The highest BCUT2D eigenvalue weighted by Gasteiger charge is 2.29. The number of aromatic amines is 1. The van der Waals surface area contributed by atoms with Crippen molar-refractivity contribution in [2.45, 2.75) is 38.5 Å². The first-order valence-corrected chi connectivity index (χ1v) is 8.51. The standard InChI is InChI=1S/C15H21N3O2S/c1-4-5-11-18(14-9-7-6-8-10-14)21(19,20)15-12(2)16-17-13(15)3/h6-10H,4-5,11H2,1-3H3,(H,16,17). The van der Waals surface area contributed by atoms with Gasteiger partial charge in [0.25, 0.3) is 10.0 Å². The fourth-order valence-corrected chi connectivity index (χ4v) is 4.16. The van der Waals surface area contributed by atoms with E-state index < -0.39 is 10.0 Å². The smallest absolute Gasteiger partial charge is 0.267 e. The zero-order valence-electron chi connectivity index (χ0n) is 12.6. The van der Waals surface area contributed by atoms with Crippen molar-refractivity contribution in [3.63, 3.8) is 0 Å². The van der Waals surface area contributed by atoms with E-state index in [1.165, 1.54) is 4.31 Å². The summed E-state index contributed by atoms with van der Waals surface area (Å²) in [5.41, 5.74) is 1.76. The van der Waals surface area contributed by atoms with Crippen LogP contribution in [0.2, 0.25) is 0 Å². The van der Waals surface area contributed by atoms with Gasteiger partial charge in [-0.25, -0.2) is 8.42 Å². The highest BCUT2D eigenvalue weighted by atomic mass is 32.2. The Labute approximate surface area is 126 Å². The summed E-state index contributed by atoms with van der Waals surface area (Å²) < 4.78 is 27.5. The van der Waals surface area contributed by atoms with Gasteiger partial charge in [-0.3, -0.25) is 9.40 Å². The number of hydrogen-bond acceptors (Lipinski definition) is 3. The van der Waals surface area contributed by atoms with Crippen molar-refractivity contribution in [1.82, 2.24) is 10.2 Å². The summed E-state index contributed by atoms with van der Waals surface area (Å²) in [6.07, 6.45) is 1.74. The molecule has 0 saturated carbocycles. The average molecular weight is 307 g/mol. The predicted octanol–water partition coefficient (Wildman–Crippen LogP) is 3.02. The minimum Gasteiger partial charge on any atom is -0.281 e. The van der Waals surface area contributed by atoms with Gasteiger partial charge in [0.15, 0.2) is 0 Å². The van der Waals surface area contributed by atoms with Crippen molar-refractivity contribution in [2.24, 2.45) is 0 Å². The first kappa shape index (κ1) is 15.6. The Morgan fingerprint density at radius 2 is 1.86 bits per heavy atom. The zero-order chi connectivity index (χ0) is 15.5. The number of nitrogens with one attached hydrogen (secondary N) is 1. The number of rotatable bonds is 6. The maximum atomic E-state index is 13.0. The van der Waals surface area contributed by atoms with Crippen LogP contribution in [0.15, 0.2) is 35.2 Å². The second kappa shape index (κ2) is 6.30. The Morgan fingerprint density at radius 1 is 1.19 bits per heavy atom. The number of unbranched alkanes of at least 4 members (excludes halogenated alkanes) is 1. The summed E-state index contributed by atoms with van der Waals surface area (Å²) in [5, 5.41) is 6.76. The van der Waals surface area contributed by atoms with Gasteiger partial charge in [0.05, 0.1) is 17.1 Å². The molecule has 0 saturated heterocycles. The molecule has 2 rings (SSSR count). The van der Waals surface area contributed by atoms with Crippen LogP contribution in [0.1, 0.15) is 31.2 Å². The summed E-state index contributed by atoms with van der Waals surface area (Å²) in [4.78, 5) is 0.280. The van der Waals surface area contributed by atoms with Crippen LogP contribution in [0.3, 0.4) is 0 Å². The van der Waals surface area contributed by atoms with Crippen molar-refractivity contribution in [2.75, 3.05) is 10.8 Å². The number of aryl methyl sites for hydroxylation is 2. The molecule has 0 bridgehead atoms. The van der Waals surface area contributed by atoms with E-state index in [1.807, 2.05) is 37.3 Å². The Hall–Kier alpha value is -1.82. The molecule has 2 aromatic rings. The normalized spacial score (nSPS) is 11.6. The Balaban J connectivity index is 2.50. The van der Waals surface area contributed by atoms with Crippen molar-refractivity contribution >= 4 is 15.7 Å². The molecular weight excluding hydrogens is 286 g/mol. The molecule has 1 aromatic heterocycles. The highest BCUT2D eigenvalue weighted by molar-refractivity contribution is 7.93. The molecule has 0 unspecified atom stereocenters. The quantitative estimate of drug-likeness (QED) is 0.892. The average Bonchev–Trinajstić information content (AvgIpc) is 2.80. The molecule has 5 nitrogen and oxygen atoms in total. The summed E-state index contributed by atoms with van der Waals surface area (Å²) in [5.74, 6) is 0. The summed E-state index contributed by atoms with van der Waals surface area (Å²) in [6, 6.07) is 9.20. The van der Waals surface area contributed by atoms with E-state index in [4.69, 9.17) is 0 Å². The summed E-state index contributed by atoms with van der Waals surface area (Å²) >= 11 is 0. The van der Waals surface area contributed by atoms with Gasteiger partial charge >= 0.3 is 0 Å². The van der Waals surface area contributed by atoms with Gasteiger partial charge in [0.1, 0.15) is 4.90 Å². The summed E-state index contributed by atoms with van der Waals surface area (Å²) in [6.45, 7) is 5.95. The number of benzene rings is 1. The lowest BCUT2D eigenvalue weighted by molar-refractivity contribution is 0.587. The van der Waals surface area contributed by atoms with Crippen LogP contribution in [0.5, 0.6) is 0 Å². The molecule has 0 aliphatic rings. The lowest BCUT2D eigenvalue weighted by Gasteiger charge is -2.24. The number of sulfonamides is 1. The van der Waals surface area contributed by atoms with E-state index in [0.717, 1.165) is 12.8 Å². The molecule has 114 valence electrons. The van der Waals surface area contributed by atoms with Crippen molar-refractivity contribution in [1.29, 1.82) is 0 Å². The van der Waals surface area contributed by atoms with E-state index in [0.29, 0.717) is 23.6 Å². The number of para-hydroxylation sites is 1. The van der Waals surface area contributed by atoms with Gasteiger partial charge in [0.2, 0.25) is 0 Å². The van der Waals surface area contributed by atoms with Gasteiger partial charge in [-0.15, -0.1) is 0 Å². The van der Waals surface area contributed by atoms with Gasteiger partial charge in [-0.2, -0.15) is 5.10 Å². The van der Waals surface area contributed by atoms with Crippen LogP contribution in [-0.4, -0.2) is 25.2 Å². The third kappa shape index (κ3) is 3.10. The minimum atomic E-state index is -3.60.